The lowest BCUT2D eigenvalue weighted by Crippen LogP contribution is -2.34. The molecule has 2 aromatic rings. The number of hydrogen-bond donors (Lipinski definition) is 1. The first-order valence-electron chi connectivity index (χ1n) is 8.31. The molecule has 1 unspecified atom stereocenters. The van der Waals surface area contributed by atoms with Gasteiger partial charge in [-0.3, -0.25) is 19.6 Å². The van der Waals surface area contributed by atoms with Gasteiger partial charge in [-0.25, -0.2) is 4.39 Å². The van der Waals surface area contributed by atoms with Crippen molar-refractivity contribution in [2.45, 2.75) is 26.3 Å². The van der Waals surface area contributed by atoms with Crippen molar-refractivity contribution in [1.82, 2.24) is 4.98 Å². The molecule has 0 fully saturated rings. The van der Waals surface area contributed by atoms with Gasteiger partial charge in [0.05, 0.1) is 17.0 Å². The number of carbonyl (C=O) groups excluding carboxylic acids is 2. The molecule has 1 N–H and O–H groups in total. The SMILES string of the molecule is CCC1N=C(c2cccnc2)C(C(C)=O)=C(Nc2cccc(F)c2)C1=O. The summed E-state index contributed by atoms with van der Waals surface area (Å²) in [7, 11) is 0. The lowest BCUT2D eigenvalue weighted by atomic mass is 9.90. The van der Waals surface area contributed by atoms with Gasteiger partial charge in [0.1, 0.15) is 11.9 Å². The van der Waals surface area contributed by atoms with Gasteiger partial charge in [-0.2, -0.15) is 0 Å². The van der Waals surface area contributed by atoms with Crippen LogP contribution in [0.15, 0.2) is 65.1 Å². The van der Waals surface area contributed by atoms with Gasteiger partial charge in [0.25, 0.3) is 0 Å². The Balaban J connectivity index is 2.16. The van der Waals surface area contributed by atoms with Gasteiger partial charge in [0.2, 0.25) is 5.78 Å². The van der Waals surface area contributed by atoms with Crippen LogP contribution in [0.4, 0.5) is 10.1 Å². The second-order valence-electron chi connectivity index (χ2n) is 5.95. The van der Waals surface area contributed by atoms with E-state index in [-0.39, 0.29) is 22.8 Å². The molecule has 0 spiro atoms. The maximum atomic E-state index is 13.5. The van der Waals surface area contributed by atoms with Gasteiger partial charge in [0.15, 0.2) is 5.78 Å². The van der Waals surface area contributed by atoms with E-state index in [1.807, 2.05) is 6.92 Å². The highest BCUT2D eigenvalue weighted by molar-refractivity contribution is 6.34. The Bertz CT molecular complexity index is 920. The Hall–Kier alpha value is -3.15. The van der Waals surface area contributed by atoms with Crippen LogP contribution >= 0.6 is 0 Å². The Morgan fingerprint density at radius 2 is 2.08 bits per heavy atom. The molecular formula is C20H18FN3O2. The fraction of sp³-hybridized carbons (Fsp3) is 0.200. The van der Waals surface area contributed by atoms with Crippen LogP contribution in [0.5, 0.6) is 0 Å². The smallest absolute Gasteiger partial charge is 0.204 e. The van der Waals surface area contributed by atoms with E-state index in [1.54, 1.807) is 30.6 Å². The first-order valence-corrected chi connectivity index (χ1v) is 8.31. The third-order valence-corrected chi connectivity index (χ3v) is 4.09. The average Bonchev–Trinajstić information content (AvgIpc) is 2.63. The largest absolute Gasteiger partial charge is 0.352 e. The summed E-state index contributed by atoms with van der Waals surface area (Å²) in [6.07, 6.45) is 3.71. The molecule has 1 aromatic heterocycles. The van der Waals surface area contributed by atoms with Crippen molar-refractivity contribution in [3.05, 3.63) is 71.4 Å². The second-order valence-corrected chi connectivity index (χ2v) is 5.95. The number of pyridine rings is 1. The van der Waals surface area contributed by atoms with Crippen LogP contribution in [0.2, 0.25) is 0 Å². The number of dihydropyridines is 1. The minimum atomic E-state index is -0.607. The van der Waals surface area contributed by atoms with Crippen molar-refractivity contribution in [2.75, 3.05) is 5.32 Å². The monoisotopic (exact) mass is 351 g/mol. The number of benzene rings is 1. The van der Waals surface area contributed by atoms with Gasteiger partial charge in [-0.05, 0) is 43.7 Å². The maximum Gasteiger partial charge on any atom is 0.204 e. The number of nitrogens with zero attached hydrogens (tertiary/aromatic N) is 2. The molecule has 1 aromatic carbocycles. The molecule has 26 heavy (non-hydrogen) atoms. The highest BCUT2D eigenvalue weighted by atomic mass is 19.1. The summed E-state index contributed by atoms with van der Waals surface area (Å²) in [6.45, 7) is 3.24. The summed E-state index contributed by atoms with van der Waals surface area (Å²) in [5.41, 5.74) is 1.81. The summed E-state index contributed by atoms with van der Waals surface area (Å²) < 4.78 is 13.5. The molecule has 1 aliphatic rings. The number of nitrogens with one attached hydrogen (secondary N) is 1. The number of halogens is 1. The minimum absolute atomic E-state index is 0.142. The number of allylic oxidation sites excluding steroid dienone is 1. The molecule has 2 heterocycles. The van der Waals surface area contributed by atoms with Crippen LogP contribution in [0.1, 0.15) is 25.8 Å². The van der Waals surface area contributed by atoms with Gasteiger partial charge in [-0.1, -0.05) is 13.0 Å². The van der Waals surface area contributed by atoms with Crippen LogP contribution in [-0.2, 0) is 9.59 Å². The first kappa shape index (κ1) is 17.7. The summed E-state index contributed by atoms with van der Waals surface area (Å²) >= 11 is 0. The number of hydrogen-bond acceptors (Lipinski definition) is 5. The number of rotatable bonds is 5. The van der Waals surface area contributed by atoms with E-state index in [9.17, 15) is 14.0 Å². The predicted octanol–water partition coefficient (Wildman–Crippen LogP) is 3.33. The Morgan fingerprint density at radius 3 is 2.69 bits per heavy atom. The Kier molecular flexibility index (Phi) is 5.02. The van der Waals surface area contributed by atoms with E-state index >= 15 is 0 Å². The van der Waals surface area contributed by atoms with Crippen molar-refractivity contribution < 1.29 is 14.0 Å². The van der Waals surface area contributed by atoms with E-state index < -0.39 is 11.9 Å². The normalized spacial score (nSPS) is 17.1. The molecule has 0 radical (unpaired) electrons. The molecule has 0 saturated heterocycles. The molecule has 1 atom stereocenters. The standard InChI is InChI=1S/C20H18FN3O2/c1-3-16-20(26)19(23-15-8-4-7-14(21)10-15)17(12(2)25)18(24-16)13-6-5-9-22-11-13/h4-11,16,23H,3H2,1-2H3. The first-order chi connectivity index (χ1) is 12.5. The number of ketones is 2. The molecule has 0 aliphatic carbocycles. The Morgan fingerprint density at radius 1 is 1.27 bits per heavy atom. The van der Waals surface area contributed by atoms with Crippen LogP contribution in [0.3, 0.4) is 0 Å². The molecule has 3 rings (SSSR count). The summed E-state index contributed by atoms with van der Waals surface area (Å²) in [6, 6.07) is 8.68. The number of aromatic nitrogens is 1. The Labute approximate surface area is 150 Å². The zero-order valence-electron chi connectivity index (χ0n) is 14.5. The molecule has 6 heteroatoms. The lowest BCUT2D eigenvalue weighted by Gasteiger charge is -2.24. The zero-order valence-corrected chi connectivity index (χ0v) is 14.5. The number of carbonyl (C=O) groups is 2. The fourth-order valence-corrected chi connectivity index (χ4v) is 2.86. The number of aliphatic imine (C=N–C) groups is 1. The van der Waals surface area contributed by atoms with Crippen LogP contribution < -0.4 is 5.32 Å². The van der Waals surface area contributed by atoms with E-state index in [0.29, 0.717) is 23.4 Å². The molecule has 0 amide bonds. The maximum absolute atomic E-state index is 13.5. The molecule has 132 valence electrons. The molecule has 0 bridgehead atoms. The predicted molar refractivity (Wildman–Crippen MR) is 97.6 cm³/mol. The van der Waals surface area contributed by atoms with E-state index in [2.05, 4.69) is 15.3 Å². The van der Waals surface area contributed by atoms with Crippen molar-refractivity contribution in [3.8, 4) is 0 Å². The molecular weight excluding hydrogens is 333 g/mol. The van der Waals surface area contributed by atoms with Crippen molar-refractivity contribution in [2.24, 2.45) is 4.99 Å². The number of anilines is 1. The van der Waals surface area contributed by atoms with Gasteiger partial charge in [0, 0.05) is 23.6 Å². The highest BCUT2D eigenvalue weighted by Gasteiger charge is 2.33. The van der Waals surface area contributed by atoms with Crippen LogP contribution in [0, 0.1) is 5.82 Å². The molecule has 5 nitrogen and oxygen atoms in total. The van der Waals surface area contributed by atoms with E-state index in [4.69, 9.17) is 0 Å². The van der Waals surface area contributed by atoms with Crippen molar-refractivity contribution in [3.63, 3.8) is 0 Å². The van der Waals surface area contributed by atoms with Gasteiger partial charge < -0.3 is 5.32 Å². The van der Waals surface area contributed by atoms with Crippen LogP contribution in [-0.4, -0.2) is 28.3 Å². The van der Waals surface area contributed by atoms with Crippen LogP contribution in [0.25, 0.3) is 0 Å². The average molecular weight is 351 g/mol. The summed E-state index contributed by atoms with van der Waals surface area (Å²) in [4.78, 5) is 33.8. The van der Waals surface area contributed by atoms with E-state index in [1.165, 1.54) is 25.1 Å². The van der Waals surface area contributed by atoms with Gasteiger partial charge in [-0.15, -0.1) is 0 Å². The summed E-state index contributed by atoms with van der Waals surface area (Å²) in [5, 5.41) is 2.93. The minimum Gasteiger partial charge on any atom is -0.352 e. The third-order valence-electron chi connectivity index (χ3n) is 4.09. The topological polar surface area (TPSA) is 71.4 Å². The fourth-order valence-electron chi connectivity index (χ4n) is 2.86. The molecule has 1 aliphatic heterocycles. The number of Topliss-reactive ketones (excluding diaryl/α,β-unsaturated/α-hetero) is 2. The second kappa shape index (κ2) is 7.39. The van der Waals surface area contributed by atoms with Gasteiger partial charge >= 0.3 is 0 Å². The summed E-state index contributed by atoms with van der Waals surface area (Å²) in [5.74, 6) is -1.01. The molecule has 0 saturated carbocycles. The third kappa shape index (κ3) is 3.44. The quantitative estimate of drug-likeness (QED) is 0.897. The van der Waals surface area contributed by atoms with Crippen molar-refractivity contribution in [1.29, 1.82) is 0 Å². The highest BCUT2D eigenvalue weighted by Crippen LogP contribution is 2.26. The van der Waals surface area contributed by atoms with Crippen molar-refractivity contribution >= 4 is 23.0 Å². The van der Waals surface area contributed by atoms with E-state index in [0.717, 1.165) is 0 Å². The lowest BCUT2D eigenvalue weighted by molar-refractivity contribution is -0.118. The zero-order chi connectivity index (χ0) is 18.7.